The van der Waals surface area contributed by atoms with E-state index < -0.39 is 9.84 Å². The molecule has 0 fully saturated rings. The molecule has 0 bridgehead atoms. The van der Waals surface area contributed by atoms with E-state index in [1.165, 1.54) is 6.26 Å². The summed E-state index contributed by atoms with van der Waals surface area (Å²) in [6.45, 7) is 0.310. The molecule has 2 aromatic carbocycles. The summed E-state index contributed by atoms with van der Waals surface area (Å²) in [6, 6.07) is 11.7. The third-order valence-electron chi connectivity index (χ3n) is 2.93. The Kier molecular flexibility index (Phi) is 4.37. The molecule has 2 aromatic rings. The van der Waals surface area contributed by atoms with Crippen LogP contribution in [0.3, 0.4) is 0 Å². The molecule has 0 spiro atoms. The van der Waals surface area contributed by atoms with Gasteiger partial charge in [0.2, 0.25) is 0 Å². The van der Waals surface area contributed by atoms with Crippen molar-refractivity contribution >= 4 is 15.5 Å². The standard InChI is InChI=1S/C15H17NO4S/c1-19-15-9-12(16)5-8-14(15)20-10-11-3-6-13(7-4-11)21(2,17)18/h3-9H,10,16H2,1-2H3. The highest BCUT2D eigenvalue weighted by Gasteiger charge is 2.08. The molecule has 0 aromatic heterocycles. The fourth-order valence-electron chi connectivity index (χ4n) is 1.80. The SMILES string of the molecule is COc1cc(N)ccc1OCc1ccc(S(C)(=O)=O)cc1. The van der Waals surface area contributed by atoms with Gasteiger partial charge in [-0.05, 0) is 29.8 Å². The van der Waals surface area contributed by atoms with Crippen molar-refractivity contribution in [3.05, 3.63) is 48.0 Å². The quantitative estimate of drug-likeness (QED) is 0.857. The molecule has 0 saturated heterocycles. The largest absolute Gasteiger partial charge is 0.493 e. The summed E-state index contributed by atoms with van der Waals surface area (Å²) in [5, 5.41) is 0. The topological polar surface area (TPSA) is 78.6 Å². The Bertz CT molecular complexity index is 724. The van der Waals surface area contributed by atoms with Crippen molar-refractivity contribution in [1.82, 2.24) is 0 Å². The first-order valence-corrected chi connectivity index (χ1v) is 8.14. The van der Waals surface area contributed by atoms with Crippen LogP contribution in [0.4, 0.5) is 5.69 Å². The number of hydrogen-bond acceptors (Lipinski definition) is 5. The number of nitrogens with two attached hydrogens (primary N) is 1. The maximum absolute atomic E-state index is 11.4. The average molecular weight is 307 g/mol. The normalized spacial score (nSPS) is 11.1. The van der Waals surface area contributed by atoms with Gasteiger partial charge in [-0.15, -0.1) is 0 Å². The monoisotopic (exact) mass is 307 g/mol. The Morgan fingerprint density at radius 3 is 2.29 bits per heavy atom. The third kappa shape index (κ3) is 3.88. The molecule has 0 atom stereocenters. The highest BCUT2D eigenvalue weighted by atomic mass is 32.2. The fraction of sp³-hybridized carbons (Fsp3) is 0.200. The first-order chi connectivity index (χ1) is 9.90. The van der Waals surface area contributed by atoms with Crippen LogP contribution >= 0.6 is 0 Å². The molecule has 0 aliphatic heterocycles. The number of rotatable bonds is 5. The molecule has 0 amide bonds. The fourth-order valence-corrected chi connectivity index (χ4v) is 2.43. The van der Waals surface area contributed by atoms with Gasteiger partial charge in [0.05, 0.1) is 12.0 Å². The lowest BCUT2D eigenvalue weighted by molar-refractivity contribution is 0.284. The van der Waals surface area contributed by atoms with Crippen molar-refractivity contribution in [2.75, 3.05) is 19.1 Å². The molecule has 0 unspecified atom stereocenters. The van der Waals surface area contributed by atoms with E-state index in [9.17, 15) is 8.42 Å². The molecule has 0 heterocycles. The molecule has 6 heteroatoms. The average Bonchev–Trinajstić information content (AvgIpc) is 2.45. The second-order valence-corrected chi connectivity index (χ2v) is 6.63. The molecule has 0 aliphatic carbocycles. The summed E-state index contributed by atoms with van der Waals surface area (Å²) in [7, 11) is -1.63. The minimum Gasteiger partial charge on any atom is -0.493 e. The Hall–Kier alpha value is -2.21. The summed E-state index contributed by atoms with van der Waals surface area (Å²) < 4.78 is 33.6. The van der Waals surface area contributed by atoms with E-state index in [1.807, 2.05) is 0 Å². The van der Waals surface area contributed by atoms with Crippen molar-refractivity contribution in [3.63, 3.8) is 0 Å². The van der Waals surface area contributed by atoms with Gasteiger partial charge in [0.25, 0.3) is 0 Å². The molecule has 21 heavy (non-hydrogen) atoms. The third-order valence-corrected chi connectivity index (χ3v) is 4.06. The Balaban J connectivity index is 2.10. The van der Waals surface area contributed by atoms with Gasteiger partial charge in [-0.25, -0.2) is 8.42 Å². The lowest BCUT2D eigenvalue weighted by Crippen LogP contribution is -2.00. The Morgan fingerprint density at radius 2 is 1.71 bits per heavy atom. The number of nitrogen functional groups attached to an aromatic ring is 1. The van der Waals surface area contributed by atoms with Crippen LogP contribution in [0.25, 0.3) is 0 Å². The number of sulfone groups is 1. The molecule has 5 nitrogen and oxygen atoms in total. The number of hydrogen-bond donors (Lipinski definition) is 1. The van der Waals surface area contributed by atoms with Gasteiger partial charge in [0.1, 0.15) is 6.61 Å². The van der Waals surface area contributed by atoms with E-state index in [0.717, 1.165) is 5.56 Å². The van der Waals surface area contributed by atoms with Crippen molar-refractivity contribution < 1.29 is 17.9 Å². The first-order valence-electron chi connectivity index (χ1n) is 6.25. The Morgan fingerprint density at radius 1 is 1.05 bits per heavy atom. The number of methoxy groups -OCH3 is 1. The molecule has 112 valence electrons. The van der Waals surface area contributed by atoms with Gasteiger partial charge in [0.15, 0.2) is 21.3 Å². The minimum atomic E-state index is -3.18. The van der Waals surface area contributed by atoms with Crippen molar-refractivity contribution in [3.8, 4) is 11.5 Å². The van der Waals surface area contributed by atoms with Crippen LogP contribution in [0.5, 0.6) is 11.5 Å². The zero-order chi connectivity index (χ0) is 15.5. The molecular formula is C15H17NO4S. The molecule has 0 aliphatic rings. The second kappa shape index (κ2) is 6.05. The van der Waals surface area contributed by atoms with Crippen LogP contribution in [0.1, 0.15) is 5.56 Å². The van der Waals surface area contributed by atoms with Crippen molar-refractivity contribution in [2.45, 2.75) is 11.5 Å². The van der Waals surface area contributed by atoms with E-state index in [4.69, 9.17) is 15.2 Å². The van der Waals surface area contributed by atoms with Gasteiger partial charge >= 0.3 is 0 Å². The maximum Gasteiger partial charge on any atom is 0.175 e. The molecule has 2 rings (SSSR count). The van der Waals surface area contributed by atoms with E-state index in [2.05, 4.69) is 0 Å². The van der Waals surface area contributed by atoms with E-state index in [0.29, 0.717) is 23.8 Å². The molecule has 0 saturated carbocycles. The van der Waals surface area contributed by atoms with Crippen molar-refractivity contribution in [1.29, 1.82) is 0 Å². The lowest BCUT2D eigenvalue weighted by Gasteiger charge is -2.11. The van der Waals surface area contributed by atoms with Gasteiger partial charge in [0, 0.05) is 18.0 Å². The highest BCUT2D eigenvalue weighted by molar-refractivity contribution is 7.90. The van der Waals surface area contributed by atoms with Gasteiger partial charge in [-0.2, -0.15) is 0 Å². The van der Waals surface area contributed by atoms with E-state index in [1.54, 1.807) is 49.6 Å². The van der Waals surface area contributed by atoms with Crippen LogP contribution in [0.15, 0.2) is 47.4 Å². The van der Waals surface area contributed by atoms with Crippen LogP contribution in [0, 0.1) is 0 Å². The predicted octanol–water partition coefficient (Wildman–Crippen LogP) is 2.26. The lowest BCUT2D eigenvalue weighted by atomic mass is 10.2. The number of benzene rings is 2. The van der Waals surface area contributed by atoms with Crippen LogP contribution in [0.2, 0.25) is 0 Å². The minimum absolute atomic E-state index is 0.288. The number of ether oxygens (including phenoxy) is 2. The zero-order valence-electron chi connectivity index (χ0n) is 11.9. The van der Waals surface area contributed by atoms with E-state index in [-0.39, 0.29) is 4.90 Å². The first kappa shape index (κ1) is 15.2. The number of anilines is 1. The summed E-state index contributed by atoms with van der Waals surface area (Å²) in [4.78, 5) is 0.288. The summed E-state index contributed by atoms with van der Waals surface area (Å²) in [5.74, 6) is 1.14. The molecular weight excluding hydrogens is 290 g/mol. The zero-order valence-corrected chi connectivity index (χ0v) is 12.7. The molecule has 0 radical (unpaired) electrons. The summed E-state index contributed by atoms with van der Waals surface area (Å²) >= 11 is 0. The molecule has 2 N–H and O–H groups in total. The smallest absolute Gasteiger partial charge is 0.175 e. The van der Waals surface area contributed by atoms with E-state index >= 15 is 0 Å². The van der Waals surface area contributed by atoms with Gasteiger partial charge < -0.3 is 15.2 Å². The summed E-state index contributed by atoms with van der Waals surface area (Å²) in [5.41, 5.74) is 7.13. The predicted molar refractivity (Wildman–Crippen MR) is 81.3 cm³/mol. The van der Waals surface area contributed by atoms with Gasteiger partial charge in [-0.1, -0.05) is 12.1 Å². The summed E-state index contributed by atoms with van der Waals surface area (Å²) in [6.07, 6.45) is 1.18. The van der Waals surface area contributed by atoms with Gasteiger partial charge in [-0.3, -0.25) is 0 Å². The van der Waals surface area contributed by atoms with Crippen LogP contribution in [-0.2, 0) is 16.4 Å². The highest BCUT2D eigenvalue weighted by Crippen LogP contribution is 2.29. The second-order valence-electron chi connectivity index (χ2n) is 4.62. The van der Waals surface area contributed by atoms with Crippen LogP contribution < -0.4 is 15.2 Å². The maximum atomic E-state index is 11.4. The van der Waals surface area contributed by atoms with Crippen LogP contribution in [-0.4, -0.2) is 21.8 Å². The Labute approximate surface area is 124 Å². The van der Waals surface area contributed by atoms with Crippen molar-refractivity contribution in [2.24, 2.45) is 0 Å².